The zero-order valence-electron chi connectivity index (χ0n) is 7.57. The maximum atomic E-state index is 13.3. The minimum Gasteiger partial charge on any atom is -0.483 e. The summed E-state index contributed by atoms with van der Waals surface area (Å²) in [6, 6.07) is 2.47. The van der Waals surface area contributed by atoms with E-state index in [1.54, 1.807) is 0 Å². The first-order valence-corrected chi connectivity index (χ1v) is 5.17. The molecule has 1 fully saturated rings. The van der Waals surface area contributed by atoms with Crippen molar-refractivity contribution < 1.29 is 14.1 Å². The fraction of sp³-hybridized carbons (Fsp3) is 0.333. The molecule has 4 nitrogen and oxygen atoms in total. The molecule has 0 bridgehead atoms. The van der Waals surface area contributed by atoms with Gasteiger partial charge in [0.25, 0.3) is 0 Å². The summed E-state index contributed by atoms with van der Waals surface area (Å²) in [4.78, 5) is 9.86. The zero-order chi connectivity index (χ0) is 11.0. The van der Waals surface area contributed by atoms with Crippen LogP contribution in [0.3, 0.4) is 0 Å². The smallest absolute Gasteiger partial charge is 0.346 e. The molecule has 0 saturated heterocycles. The number of ether oxygens (including phenoxy) is 1. The van der Waals surface area contributed by atoms with E-state index in [2.05, 4.69) is 15.9 Å². The topological polar surface area (TPSA) is 52.4 Å². The van der Waals surface area contributed by atoms with Crippen LogP contribution in [0.1, 0.15) is 12.8 Å². The van der Waals surface area contributed by atoms with Crippen molar-refractivity contribution in [3.63, 3.8) is 0 Å². The van der Waals surface area contributed by atoms with Crippen molar-refractivity contribution in [3.8, 4) is 5.75 Å². The summed E-state index contributed by atoms with van der Waals surface area (Å²) in [5.41, 5.74) is -0.592. The number of nitro groups is 1. The summed E-state index contributed by atoms with van der Waals surface area (Å²) in [6.45, 7) is 0. The number of hydrogen-bond acceptors (Lipinski definition) is 3. The van der Waals surface area contributed by atoms with Crippen molar-refractivity contribution in [2.24, 2.45) is 0 Å². The van der Waals surface area contributed by atoms with Gasteiger partial charge in [-0.1, -0.05) is 15.9 Å². The summed E-state index contributed by atoms with van der Waals surface area (Å²) >= 11 is 3.06. The summed E-state index contributed by atoms with van der Waals surface area (Å²) in [7, 11) is 0. The van der Waals surface area contributed by atoms with E-state index in [0.29, 0.717) is 4.47 Å². The number of benzene rings is 1. The van der Waals surface area contributed by atoms with Crippen LogP contribution in [0.25, 0.3) is 0 Å². The summed E-state index contributed by atoms with van der Waals surface area (Å²) < 4.78 is 19.0. The summed E-state index contributed by atoms with van der Waals surface area (Å²) in [5, 5.41) is 10.6. The van der Waals surface area contributed by atoms with E-state index in [4.69, 9.17) is 4.74 Å². The quantitative estimate of drug-likeness (QED) is 0.629. The lowest BCUT2D eigenvalue weighted by Crippen LogP contribution is -2.02. The molecule has 1 aromatic rings. The van der Waals surface area contributed by atoms with Crippen molar-refractivity contribution in [2.45, 2.75) is 18.9 Å². The third-order valence-corrected chi connectivity index (χ3v) is 2.45. The fourth-order valence-corrected chi connectivity index (χ4v) is 1.58. The van der Waals surface area contributed by atoms with Gasteiger partial charge in [0.2, 0.25) is 11.6 Å². The van der Waals surface area contributed by atoms with Gasteiger partial charge in [0.05, 0.1) is 11.0 Å². The second-order valence-corrected chi connectivity index (χ2v) is 4.22. The monoisotopic (exact) mass is 275 g/mol. The predicted molar refractivity (Wildman–Crippen MR) is 54.4 cm³/mol. The van der Waals surface area contributed by atoms with E-state index >= 15 is 0 Å². The highest BCUT2D eigenvalue weighted by atomic mass is 79.9. The molecule has 0 aromatic heterocycles. The number of halogens is 2. The zero-order valence-corrected chi connectivity index (χ0v) is 9.16. The van der Waals surface area contributed by atoms with E-state index in [9.17, 15) is 14.5 Å². The Labute approximate surface area is 93.3 Å². The van der Waals surface area contributed by atoms with Crippen molar-refractivity contribution in [2.75, 3.05) is 0 Å². The van der Waals surface area contributed by atoms with E-state index in [-0.39, 0.29) is 11.9 Å². The molecule has 15 heavy (non-hydrogen) atoms. The highest BCUT2D eigenvalue weighted by molar-refractivity contribution is 9.10. The molecule has 2 rings (SSSR count). The Kier molecular flexibility index (Phi) is 2.60. The second-order valence-electron chi connectivity index (χ2n) is 3.31. The molecule has 0 N–H and O–H groups in total. The van der Waals surface area contributed by atoms with Gasteiger partial charge in [-0.3, -0.25) is 10.1 Å². The van der Waals surface area contributed by atoms with Crippen LogP contribution in [0.2, 0.25) is 0 Å². The first kappa shape index (κ1) is 10.4. The molecule has 6 heteroatoms. The minimum atomic E-state index is -0.884. The molecule has 80 valence electrons. The maximum Gasteiger partial charge on any atom is 0.346 e. The number of nitro benzene ring substituents is 1. The number of nitrogens with zero attached hydrogens (tertiary/aromatic N) is 1. The first-order valence-electron chi connectivity index (χ1n) is 4.38. The summed E-state index contributed by atoms with van der Waals surface area (Å²) in [5.74, 6) is -0.889. The molecular weight excluding hydrogens is 269 g/mol. The van der Waals surface area contributed by atoms with Gasteiger partial charge in [-0.05, 0) is 18.9 Å². The van der Waals surface area contributed by atoms with Crippen molar-refractivity contribution in [1.29, 1.82) is 0 Å². The van der Waals surface area contributed by atoms with Gasteiger partial charge >= 0.3 is 5.69 Å². The molecule has 1 aromatic carbocycles. The van der Waals surface area contributed by atoms with Gasteiger partial charge in [-0.15, -0.1) is 0 Å². The van der Waals surface area contributed by atoms with E-state index in [1.807, 2.05) is 0 Å². The lowest BCUT2D eigenvalue weighted by Gasteiger charge is -2.06. The SMILES string of the molecule is O=[N+]([O-])c1c(F)cc(Br)cc1OC1CC1. The van der Waals surface area contributed by atoms with E-state index in [1.165, 1.54) is 6.07 Å². The molecule has 0 atom stereocenters. The third-order valence-electron chi connectivity index (χ3n) is 1.99. The van der Waals surface area contributed by atoms with Crippen LogP contribution in [-0.2, 0) is 0 Å². The molecule has 0 heterocycles. The van der Waals surface area contributed by atoms with Crippen LogP contribution in [0.15, 0.2) is 16.6 Å². The first-order chi connectivity index (χ1) is 7.08. The largest absolute Gasteiger partial charge is 0.483 e. The normalized spacial score (nSPS) is 15.1. The minimum absolute atomic E-state index is 0.00241. The van der Waals surface area contributed by atoms with Gasteiger partial charge in [0, 0.05) is 10.5 Å². The average molecular weight is 276 g/mol. The standard InChI is InChI=1S/C9H7BrFNO3/c10-5-3-7(11)9(12(13)14)8(4-5)15-6-1-2-6/h3-4,6H,1-2H2. The summed E-state index contributed by atoms with van der Waals surface area (Å²) in [6.07, 6.45) is 1.73. The van der Waals surface area contributed by atoms with Crippen LogP contribution in [0.5, 0.6) is 5.75 Å². The van der Waals surface area contributed by atoms with E-state index < -0.39 is 16.4 Å². The number of hydrogen-bond donors (Lipinski definition) is 0. The highest BCUT2D eigenvalue weighted by Crippen LogP contribution is 2.37. The lowest BCUT2D eigenvalue weighted by atomic mass is 10.3. The van der Waals surface area contributed by atoms with Crippen LogP contribution in [-0.4, -0.2) is 11.0 Å². The molecule has 1 aliphatic carbocycles. The molecule has 0 unspecified atom stereocenters. The molecular formula is C9H7BrFNO3. The van der Waals surface area contributed by atoms with Gasteiger partial charge in [-0.25, -0.2) is 0 Å². The highest BCUT2D eigenvalue weighted by Gasteiger charge is 2.29. The predicted octanol–water partition coefficient (Wildman–Crippen LogP) is 3.04. The number of rotatable bonds is 3. The molecule has 1 aliphatic rings. The Morgan fingerprint density at radius 3 is 2.73 bits per heavy atom. The molecule has 0 spiro atoms. The maximum absolute atomic E-state index is 13.3. The van der Waals surface area contributed by atoms with Crippen LogP contribution in [0, 0.1) is 15.9 Å². The molecule has 0 radical (unpaired) electrons. The van der Waals surface area contributed by atoms with Crippen LogP contribution < -0.4 is 4.74 Å². The van der Waals surface area contributed by atoms with Crippen molar-refractivity contribution >= 4 is 21.6 Å². The molecule has 0 aliphatic heterocycles. The van der Waals surface area contributed by atoms with Gasteiger partial charge < -0.3 is 4.74 Å². The third kappa shape index (κ3) is 2.26. The Hall–Kier alpha value is -1.17. The molecule has 1 saturated carbocycles. The van der Waals surface area contributed by atoms with Gasteiger partial charge in [-0.2, -0.15) is 4.39 Å². The average Bonchev–Trinajstić information content (AvgIpc) is 2.85. The van der Waals surface area contributed by atoms with Crippen LogP contribution >= 0.6 is 15.9 Å². The Morgan fingerprint density at radius 2 is 2.20 bits per heavy atom. The Bertz CT molecular complexity index is 420. The Morgan fingerprint density at radius 1 is 1.53 bits per heavy atom. The fourth-order valence-electron chi connectivity index (χ4n) is 1.17. The van der Waals surface area contributed by atoms with Crippen molar-refractivity contribution in [1.82, 2.24) is 0 Å². The van der Waals surface area contributed by atoms with Crippen molar-refractivity contribution in [3.05, 3.63) is 32.5 Å². The Balaban J connectivity index is 2.42. The van der Waals surface area contributed by atoms with Crippen LogP contribution in [0.4, 0.5) is 10.1 Å². The van der Waals surface area contributed by atoms with Gasteiger partial charge in [0.1, 0.15) is 0 Å². The lowest BCUT2D eigenvalue weighted by molar-refractivity contribution is -0.388. The molecule has 0 amide bonds. The van der Waals surface area contributed by atoms with E-state index in [0.717, 1.165) is 18.9 Å². The second kappa shape index (κ2) is 3.77. The van der Waals surface area contributed by atoms with Gasteiger partial charge in [0.15, 0.2) is 0 Å².